The van der Waals surface area contributed by atoms with Crippen LogP contribution in [0.15, 0.2) is 0 Å². The Hall–Kier alpha value is -0.240. The summed E-state index contributed by atoms with van der Waals surface area (Å²) < 4.78 is 0. The van der Waals surface area contributed by atoms with Crippen LogP contribution < -0.4 is 5.32 Å². The maximum atomic E-state index is 11.6. The standard InChI is InChI=1S/C13H26ClNO/c1-4-5-6-7-8-13(16)15-12(10-14)9-11(2)3/h11-12H,4-10H2,1-3H3,(H,15,16). The second-order valence-corrected chi connectivity index (χ2v) is 5.17. The fourth-order valence-electron chi connectivity index (χ4n) is 1.74. The first-order chi connectivity index (χ1) is 7.60. The number of amides is 1. The molecule has 3 heteroatoms. The summed E-state index contributed by atoms with van der Waals surface area (Å²) >= 11 is 5.82. The van der Waals surface area contributed by atoms with Gasteiger partial charge in [0.1, 0.15) is 0 Å². The molecule has 0 aliphatic carbocycles. The van der Waals surface area contributed by atoms with Crippen molar-refractivity contribution in [2.75, 3.05) is 5.88 Å². The van der Waals surface area contributed by atoms with Gasteiger partial charge in [0.15, 0.2) is 0 Å². The van der Waals surface area contributed by atoms with Crippen LogP contribution in [0.4, 0.5) is 0 Å². The largest absolute Gasteiger partial charge is 0.352 e. The van der Waals surface area contributed by atoms with E-state index in [2.05, 4.69) is 26.1 Å². The normalized spacial score (nSPS) is 12.8. The van der Waals surface area contributed by atoms with Crippen LogP contribution in [0.1, 0.15) is 59.3 Å². The average Bonchev–Trinajstić information content (AvgIpc) is 2.23. The number of carbonyl (C=O) groups is 1. The molecule has 0 saturated heterocycles. The van der Waals surface area contributed by atoms with Crippen molar-refractivity contribution in [3.63, 3.8) is 0 Å². The molecule has 1 N–H and O–H groups in total. The first-order valence-corrected chi connectivity index (χ1v) is 6.98. The first-order valence-electron chi connectivity index (χ1n) is 6.45. The van der Waals surface area contributed by atoms with Crippen LogP contribution >= 0.6 is 11.6 Å². The smallest absolute Gasteiger partial charge is 0.220 e. The van der Waals surface area contributed by atoms with Gasteiger partial charge in [0, 0.05) is 18.3 Å². The second kappa shape index (κ2) is 9.95. The molecule has 0 aliphatic heterocycles. The summed E-state index contributed by atoms with van der Waals surface area (Å²) in [5, 5.41) is 3.00. The van der Waals surface area contributed by atoms with Crippen LogP contribution in [0.5, 0.6) is 0 Å². The lowest BCUT2D eigenvalue weighted by molar-refractivity contribution is -0.121. The van der Waals surface area contributed by atoms with Gasteiger partial charge in [0.05, 0.1) is 0 Å². The Kier molecular flexibility index (Phi) is 9.80. The molecule has 1 unspecified atom stereocenters. The van der Waals surface area contributed by atoms with Gasteiger partial charge in [-0.15, -0.1) is 11.6 Å². The Labute approximate surface area is 105 Å². The van der Waals surface area contributed by atoms with Crippen molar-refractivity contribution in [2.45, 2.75) is 65.3 Å². The number of carbonyl (C=O) groups excluding carboxylic acids is 1. The highest BCUT2D eigenvalue weighted by atomic mass is 35.5. The SMILES string of the molecule is CCCCCCC(=O)NC(CCl)CC(C)C. The summed E-state index contributed by atoms with van der Waals surface area (Å²) in [6.45, 7) is 6.46. The van der Waals surface area contributed by atoms with E-state index < -0.39 is 0 Å². The Bertz CT molecular complexity index is 183. The van der Waals surface area contributed by atoms with Gasteiger partial charge in [0.25, 0.3) is 0 Å². The van der Waals surface area contributed by atoms with Crippen molar-refractivity contribution in [1.82, 2.24) is 5.32 Å². The zero-order chi connectivity index (χ0) is 12.4. The molecule has 1 amide bonds. The number of alkyl halides is 1. The molecular weight excluding hydrogens is 222 g/mol. The molecule has 0 fully saturated rings. The number of unbranched alkanes of at least 4 members (excludes halogenated alkanes) is 3. The Morgan fingerprint density at radius 3 is 2.44 bits per heavy atom. The fraction of sp³-hybridized carbons (Fsp3) is 0.923. The molecule has 96 valence electrons. The topological polar surface area (TPSA) is 29.1 Å². The number of hydrogen-bond acceptors (Lipinski definition) is 1. The van der Waals surface area contributed by atoms with Crippen molar-refractivity contribution < 1.29 is 4.79 Å². The van der Waals surface area contributed by atoms with Crippen molar-refractivity contribution in [3.05, 3.63) is 0 Å². The van der Waals surface area contributed by atoms with Crippen molar-refractivity contribution in [2.24, 2.45) is 5.92 Å². The van der Waals surface area contributed by atoms with E-state index in [0.29, 0.717) is 18.2 Å². The molecule has 0 bridgehead atoms. The first kappa shape index (κ1) is 15.8. The molecule has 2 nitrogen and oxygen atoms in total. The van der Waals surface area contributed by atoms with E-state index in [0.717, 1.165) is 19.3 Å². The van der Waals surface area contributed by atoms with Crippen molar-refractivity contribution in [3.8, 4) is 0 Å². The monoisotopic (exact) mass is 247 g/mol. The van der Waals surface area contributed by atoms with Crippen molar-refractivity contribution >= 4 is 17.5 Å². The van der Waals surface area contributed by atoms with Crippen LogP contribution in [-0.2, 0) is 4.79 Å². The predicted molar refractivity (Wildman–Crippen MR) is 70.9 cm³/mol. The lowest BCUT2D eigenvalue weighted by Crippen LogP contribution is -2.36. The van der Waals surface area contributed by atoms with Crippen LogP contribution in [-0.4, -0.2) is 17.8 Å². The minimum atomic E-state index is 0.139. The van der Waals surface area contributed by atoms with Gasteiger partial charge in [-0.05, 0) is 18.8 Å². The third-order valence-corrected chi connectivity index (χ3v) is 2.94. The van der Waals surface area contributed by atoms with E-state index in [1.807, 2.05) is 0 Å². The van der Waals surface area contributed by atoms with E-state index in [-0.39, 0.29) is 11.9 Å². The number of hydrogen-bond donors (Lipinski definition) is 1. The maximum absolute atomic E-state index is 11.6. The minimum absolute atomic E-state index is 0.139. The molecule has 0 saturated carbocycles. The molecule has 0 aromatic rings. The Balaban J connectivity index is 3.66. The fourth-order valence-corrected chi connectivity index (χ4v) is 1.94. The molecule has 0 aromatic carbocycles. The highest BCUT2D eigenvalue weighted by molar-refractivity contribution is 6.18. The molecule has 0 aliphatic rings. The van der Waals surface area contributed by atoms with Crippen molar-refractivity contribution in [1.29, 1.82) is 0 Å². The molecule has 0 radical (unpaired) electrons. The van der Waals surface area contributed by atoms with Crippen LogP contribution in [0, 0.1) is 5.92 Å². The number of halogens is 1. The molecule has 16 heavy (non-hydrogen) atoms. The molecule has 0 aromatic heterocycles. The molecule has 0 spiro atoms. The summed E-state index contributed by atoms with van der Waals surface area (Å²) in [4.78, 5) is 11.6. The quantitative estimate of drug-likeness (QED) is 0.488. The molecular formula is C13H26ClNO. The molecule has 0 heterocycles. The predicted octanol–water partition coefficient (Wildman–Crippen LogP) is 3.73. The highest BCUT2D eigenvalue weighted by Gasteiger charge is 2.12. The van der Waals surface area contributed by atoms with Gasteiger partial charge in [-0.1, -0.05) is 40.0 Å². The third-order valence-electron chi connectivity index (χ3n) is 2.56. The lowest BCUT2D eigenvalue weighted by Gasteiger charge is -2.17. The molecule has 1 atom stereocenters. The minimum Gasteiger partial charge on any atom is -0.352 e. The zero-order valence-electron chi connectivity index (χ0n) is 10.9. The van der Waals surface area contributed by atoms with Gasteiger partial charge in [-0.2, -0.15) is 0 Å². The second-order valence-electron chi connectivity index (χ2n) is 4.86. The summed E-state index contributed by atoms with van der Waals surface area (Å²) in [5.41, 5.74) is 0. The van der Waals surface area contributed by atoms with Crippen LogP contribution in [0.3, 0.4) is 0 Å². The van der Waals surface area contributed by atoms with Gasteiger partial charge in [0.2, 0.25) is 5.91 Å². The third kappa shape index (κ3) is 9.02. The Morgan fingerprint density at radius 1 is 1.25 bits per heavy atom. The van der Waals surface area contributed by atoms with E-state index in [9.17, 15) is 4.79 Å². The summed E-state index contributed by atoms with van der Waals surface area (Å²) in [7, 11) is 0. The average molecular weight is 248 g/mol. The highest BCUT2D eigenvalue weighted by Crippen LogP contribution is 2.07. The Morgan fingerprint density at radius 2 is 1.94 bits per heavy atom. The van der Waals surface area contributed by atoms with Gasteiger partial charge in [-0.25, -0.2) is 0 Å². The maximum Gasteiger partial charge on any atom is 0.220 e. The van der Waals surface area contributed by atoms with E-state index >= 15 is 0 Å². The summed E-state index contributed by atoms with van der Waals surface area (Å²) in [6, 6.07) is 0.139. The van der Waals surface area contributed by atoms with Gasteiger partial charge in [-0.3, -0.25) is 4.79 Å². The number of rotatable bonds is 9. The zero-order valence-corrected chi connectivity index (χ0v) is 11.6. The number of nitrogens with one attached hydrogen (secondary N) is 1. The summed E-state index contributed by atoms with van der Waals surface area (Å²) in [5.74, 6) is 1.24. The van der Waals surface area contributed by atoms with Crippen LogP contribution in [0.25, 0.3) is 0 Å². The molecule has 0 rings (SSSR count). The van der Waals surface area contributed by atoms with E-state index in [4.69, 9.17) is 11.6 Å². The summed E-state index contributed by atoms with van der Waals surface area (Å²) in [6.07, 6.45) is 6.18. The van der Waals surface area contributed by atoms with Crippen LogP contribution in [0.2, 0.25) is 0 Å². The van der Waals surface area contributed by atoms with Gasteiger partial charge < -0.3 is 5.32 Å². The van der Waals surface area contributed by atoms with E-state index in [1.165, 1.54) is 12.8 Å². The van der Waals surface area contributed by atoms with Gasteiger partial charge >= 0.3 is 0 Å². The van der Waals surface area contributed by atoms with E-state index in [1.54, 1.807) is 0 Å². The lowest BCUT2D eigenvalue weighted by atomic mass is 10.0.